The van der Waals surface area contributed by atoms with Crippen LogP contribution in [-0.2, 0) is 4.79 Å². The number of amides is 1. The van der Waals surface area contributed by atoms with Gasteiger partial charge in [0.05, 0.1) is 11.2 Å². The van der Waals surface area contributed by atoms with Crippen molar-refractivity contribution in [2.75, 3.05) is 5.32 Å². The summed E-state index contributed by atoms with van der Waals surface area (Å²) in [5.74, 6) is -0.199. The molecule has 5 heteroatoms. The first-order valence-electron chi connectivity index (χ1n) is 6.91. The molecule has 0 aliphatic heterocycles. The number of hydrogen-bond donors (Lipinski definition) is 1. The van der Waals surface area contributed by atoms with Gasteiger partial charge in [-0.3, -0.25) is 9.78 Å². The second-order valence-electron chi connectivity index (χ2n) is 4.89. The van der Waals surface area contributed by atoms with E-state index in [1.165, 1.54) is 6.08 Å². The van der Waals surface area contributed by atoms with Crippen molar-refractivity contribution in [2.24, 2.45) is 0 Å². The Hall–Kier alpha value is -2.17. The van der Waals surface area contributed by atoms with Crippen molar-refractivity contribution in [3.63, 3.8) is 0 Å². The van der Waals surface area contributed by atoms with Gasteiger partial charge in [0.2, 0.25) is 5.91 Å². The molecule has 23 heavy (non-hydrogen) atoms. The molecule has 0 saturated carbocycles. The maximum Gasteiger partial charge on any atom is 0.248 e. The van der Waals surface area contributed by atoms with Crippen LogP contribution in [0.25, 0.3) is 17.0 Å². The number of halogens is 2. The van der Waals surface area contributed by atoms with Crippen LogP contribution in [0.2, 0.25) is 5.02 Å². The summed E-state index contributed by atoms with van der Waals surface area (Å²) in [6.07, 6.45) is 4.92. The van der Waals surface area contributed by atoms with Gasteiger partial charge in [-0.05, 0) is 48.0 Å². The smallest absolute Gasteiger partial charge is 0.248 e. The summed E-state index contributed by atoms with van der Waals surface area (Å²) in [5, 5.41) is 4.33. The second-order valence-corrected chi connectivity index (χ2v) is 6.25. The third-order valence-electron chi connectivity index (χ3n) is 3.26. The van der Waals surface area contributed by atoms with E-state index in [2.05, 4.69) is 26.2 Å². The summed E-state index contributed by atoms with van der Waals surface area (Å²) >= 11 is 9.34. The maximum absolute atomic E-state index is 12.1. The number of pyridine rings is 1. The number of aromatic nitrogens is 1. The topological polar surface area (TPSA) is 42.0 Å². The minimum atomic E-state index is -0.199. The molecular weight excluding hydrogens is 376 g/mol. The molecule has 0 spiro atoms. The van der Waals surface area contributed by atoms with Gasteiger partial charge in [0.15, 0.2) is 0 Å². The number of fused-ring (bicyclic) bond motifs is 1. The van der Waals surface area contributed by atoms with E-state index in [1.807, 2.05) is 30.3 Å². The first kappa shape index (κ1) is 15.7. The Balaban J connectivity index is 1.79. The van der Waals surface area contributed by atoms with Gasteiger partial charge >= 0.3 is 0 Å². The molecule has 0 saturated heterocycles. The summed E-state index contributed by atoms with van der Waals surface area (Å²) in [6, 6.07) is 14.9. The maximum atomic E-state index is 12.1. The Morgan fingerprint density at radius 3 is 2.70 bits per heavy atom. The molecule has 114 valence electrons. The van der Waals surface area contributed by atoms with E-state index >= 15 is 0 Å². The number of rotatable bonds is 3. The van der Waals surface area contributed by atoms with E-state index in [0.717, 1.165) is 20.9 Å². The fourth-order valence-electron chi connectivity index (χ4n) is 2.15. The first-order chi connectivity index (χ1) is 11.1. The molecule has 1 amide bonds. The van der Waals surface area contributed by atoms with Crippen LogP contribution in [0.5, 0.6) is 0 Å². The van der Waals surface area contributed by atoms with Gasteiger partial charge in [-0.15, -0.1) is 0 Å². The van der Waals surface area contributed by atoms with Gasteiger partial charge in [0.1, 0.15) is 0 Å². The fraction of sp³-hybridized carbons (Fsp3) is 0. The highest BCUT2D eigenvalue weighted by molar-refractivity contribution is 9.10. The van der Waals surface area contributed by atoms with Crippen LogP contribution in [0.1, 0.15) is 5.56 Å². The molecule has 0 radical (unpaired) electrons. The Bertz CT molecular complexity index is 891. The minimum Gasteiger partial charge on any atom is -0.322 e. The van der Waals surface area contributed by atoms with Crippen molar-refractivity contribution < 1.29 is 4.79 Å². The summed E-state index contributed by atoms with van der Waals surface area (Å²) in [6.45, 7) is 0. The van der Waals surface area contributed by atoms with E-state index in [4.69, 9.17) is 11.6 Å². The molecule has 1 aromatic heterocycles. The predicted molar refractivity (Wildman–Crippen MR) is 98.6 cm³/mol. The van der Waals surface area contributed by atoms with E-state index in [1.54, 1.807) is 30.5 Å². The van der Waals surface area contributed by atoms with Crippen LogP contribution in [-0.4, -0.2) is 10.9 Å². The average Bonchev–Trinajstić information content (AvgIpc) is 2.54. The van der Waals surface area contributed by atoms with Gasteiger partial charge in [-0.2, -0.15) is 0 Å². The lowest BCUT2D eigenvalue weighted by atomic mass is 10.2. The number of nitrogens with one attached hydrogen (secondary N) is 1. The van der Waals surface area contributed by atoms with E-state index < -0.39 is 0 Å². The normalized spacial score (nSPS) is 11.0. The van der Waals surface area contributed by atoms with Crippen molar-refractivity contribution in [1.29, 1.82) is 0 Å². The van der Waals surface area contributed by atoms with Crippen LogP contribution in [0.4, 0.5) is 5.69 Å². The highest BCUT2D eigenvalue weighted by Crippen LogP contribution is 2.24. The Morgan fingerprint density at radius 1 is 1.13 bits per heavy atom. The van der Waals surface area contributed by atoms with Gasteiger partial charge in [0, 0.05) is 27.2 Å². The molecule has 0 unspecified atom stereocenters. The predicted octanol–water partition coefficient (Wildman–Crippen LogP) is 5.30. The van der Waals surface area contributed by atoms with Gasteiger partial charge in [-0.1, -0.05) is 39.7 Å². The molecule has 0 bridgehead atoms. The highest BCUT2D eigenvalue weighted by Gasteiger charge is 2.04. The zero-order valence-corrected chi connectivity index (χ0v) is 14.3. The standard InChI is InChI=1S/C18H12BrClN2O/c19-13-4-1-12(2-5-13)3-8-18(23)22-16-9-10-21-17-11-14(20)6-7-15(16)17/h1-11H,(H,21,22,23)/b8-3+. The van der Waals surface area contributed by atoms with Crippen molar-refractivity contribution in [1.82, 2.24) is 4.98 Å². The van der Waals surface area contributed by atoms with E-state index in [0.29, 0.717) is 10.7 Å². The molecule has 3 nitrogen and oxygen atoms in total. The number of nitrogens with zero attached hydrogens (tertiary/aromatic N) is 1. The molecular formula is C18H12BrClN2O. The van der Waals surface area contributed by atoms with Crippen molar-refractivity contribution in [3.05, 3.63) is 75.9 Å². The van der Waals surface area contributed by atoms with Crippen molar-refractivity contribution >= 4 is 56.1 Å². The van der Waals surface area contributed by atoms with Crippen LogP contribution >= 0.6 is 27.5 Å². The molecule has 1 N–H and O–H groups in total. The molecule has 0 aliphatic carbocycles. The summed E-state index contributed by atoms with van der Waals surface area (Å²) in [5.41, 5.74) is 2.40. The Kier molecular flexibility index (Phi) is 4.74. The zero-order chi connectivity index (χ0) is 16.2. The molecule has 0 fully saturated rings. The monoisotopic (exact) mass is 386 g/mol. The number of carbonyl (C=O) groups excluding carboxylic acids is 1. The lowest BCUT2D eigenvalue weighted by molar-refractivity contribution is -0.111. The summed E-state index contributed by atoms with van der Waals surface area (Å²) < 4.78 is 1.00. The lowest BCUT2D eigenvalue weighted by Crippen LogP contribution is -2.08. The van der Waals surface area contributed by atoms with Crippen molar-refractivity contribution in [3.8, 4) is 0 Å². The SMILES string of the molecule is O=C(/C=C/c1ccc(Br)cc1)Nc1ccnc2cc(Cl)ccc12. The largest absolute Gasteiger partial charge is 0.322 e. The number of hydrogen-bond acceptors (Lipinski definition) is 2. The molecule has 0 aliphatic rings. The summed E-state index contributed by atoms with van der Waals surface area (Å²) in [7, 11) is 0. The first-order valence-corrected chi connectivity index (χ1v) is 8.08. The minimum absolute atomic E-state index is 0.199. The number of anilines is 1. The average molecular weight is 388 g/mol. The van der Waals surface area contributed by atoms with Crippen molar-refractivity contribution in [2.45, 2.75) is 0 Å². The highest BCUT2D eigenvalue weighted by atomic mass is 79.9. The molecule has 2 aromatic carbocycles. The molecule has 3 rings (SSSR count). The van der Waals surface area contributed by atoms with Crippen LogP contribution in [0.15, 0.2) is 65.3 Å². The quantitative estimate of drug-likeness (QED) is 0.619. The van der Waals surface area contributed by atoms with Gasteiger partial charge < -0.3 is 5.32 Å². The Labute approximate surface area is 147 Å². The lowest BCUT2D eigenvalue weighted by Gasteiger charge is -2.06. The van der Waals surface area contributed by atoms with Crippen LogP contribution < -0.4 is 5.32 Å². The van der Waals surface area contributed by atoms with Gasteiger partial charge in [-0.25, -0.2) is 0 Å². The zero-order valence-electron chi connectivity index (χ0n) is 12.0. The third kappa shape index (κ3) is 3.97. The van der Waals surface area contributed by atoms with Gasteiger partial charge in [0.25, 0.3) is 0 Å². The number of benzene rings is 2. The second kappa shape index (κ2) is 6.94. The van der Waals surface area contributed by atoms with E-state index in [-0.39, 0.29) is 5.91 Å². The molecule has 1 heterocycles. The van der Waals surface area contributed by atoms with Crippen LogP contribution in [0, 0.1) is 0 Å². The van der Waals surface area contributed by atoms with E-state index in [9.17, 15) is 4.79 Å². The fourth-order valence-corrected chi connectivity index (χ4v) is 2.58. The molecule has 3 aromatic rings. The Morgan fingerprint density at radius 2 is 1.91 bits per heavy atom. The van der Waals surface area contributed by atoms with Crippen LogP contribution in [0.3, 0.4) is 0 Å². The summed E-state index contributed by atoms with van der Waals surface area (Å²) in [4.78, 5) is 16.4. The molecule has 0 atom stereocenters. The third-order valence-corrected chi connectivity index (χ3v) is 4.02. The number of carbonyl (C=O) groups is 1.